The molecule has 0 amide bonds. The number of methoxy groups -OCH3 is 2. The number of nitrogens with two attached hydrogens (primary N) is 1. The summed E-state index contributed by atoms with van der Waals surface area (Å²) in [5.41, 5.74) is 7.87. The topological polar surface area (TPSA) is 57.4 Å². The van der Waals surface area contributed by atoms with Gasteiger partial charge in [-0.15, -0.1) is 11.3 Å². The SMILES string of the molecule is CCC(N)Cc1nc(-c2ccc(OC)cc2OC)cs1. The van der Waals surface area contributed by atoms with E-state index < -0.39 is 0 Å². The zero-order chi connectivity index (χ0) is 14.5. The Hall–Kier alpha value is -1.59. The van der Waals surface area contributed by atoms with E-state index in [2.05, 4.69) is 11.9 Å². The smallest absolute Gasteiger partial charge is 0.131 e. The van der Waals surface area contributed by atoms with Gasteiger partial charge in [0.05, 0.1) is 24.9 Å². The quantitative estimate of drug-likeness (QED) is 0.889. The molecule has 1 unspecified atom stereocenters. The Morgan fingerprint density at radius 1 is 1.30 bits per heavy atom. The third-order valence-electron chi connectivity index (χ3n) is 3.20. The van der Waals surface area contributed by atoms with Crippen LogP contribution in [0.2, 0.25) is 0 Å². The maximum atomic E-state index is 5.97. The Labute approximate surface area is 123 Å². The van der Waals surface area contributed by atoms with Crippen molar-refractivity contribution in [3.8, 4) is 22.8 Å². The van der Waals surface area contributed by atoms with E-state index in [1.807, 2.05) is 23.6 Å². The molecule has 0 saturated heterocycles. The first-order valence-electron chi connectivity index (χ1n) is 6.60. The summed E-state index contributed by atoms with van der Waals surface area (Å²) in [4.78, 5) is 4.65. The van der Waals surface area contributed by atoms with Crippen LogP contribution in [0.3, 0.4) is 0 Å². The molecule has 2 N–H and O–H groups in total. The predicted octanol–water partition coefficient (Wildman–Crippen LogP) is 3.11. The molecule has 2 aromatic rings. The fraction of sp³-hybridized carbons (Fsp3) is 0.400. The maximum Gasteiger partial charge on any atom is 0.131 e. The van der Waals surface area contributed by atoms with Gasteiger partial charge >= 0.3 is 0 Å². The van der Waals surface area contributed by atoms with Gasteiger partial charge < -0.3 is 15.2 Å². The second-order valence-electron chi connectivity index (χ2n) is 4.57. The van der Waals surface area contributed by atoms with E-state index in [0.29, 0.717) is 0 Å². The molecule has 0 aliphatic carbocycles. The highest BCUT2D eigenvalue weighted by Gasteiger charge is 2.12. The van der Waals surface area contributed by atoms with Crippen LogP contribution in [0.1, 0.15) is 18.4 Å². The molecule has 0 aliphatic rings. The number of aromatic nitrogens is 1. The molecule has 5 heteroatoms. The van der Waals surface area contributed by atoms with Gasteiger partial charge in [-0.3, -0.25) is 0 Å². The van der Waals surface area contributed by atoms with Gasteiger partial charge in [0.2, 0.25) is 0 Å². The zero-order valence-corrected chi connectivity index (χ0v) is 12.9. The highest BCUT2D eigenvalue weighted by Crippen LogP contribution is 2.33. The van der Waals surface area contributed by atoms with Crippen molar-refractivity contribution in [1.29, 1.82) is 0 Å². The van der Waals surface area contributed by atoms with Crippen molar-refractivity contribution in [3.63, 3.8) is 0 Å². The molecular formula is C15H20N2O2S. The Morgan fingerprint density at radius 3 is 2.75 bits per heavy atom. The average molecular weight is 292 g/mol. The number of hydrogen-bond acceptors (Lipinski definition) is 5. The van der Waals surface area contributed by atoms with Crippen LogP contribution in [0.15, 0.2) is 23.6 Å². The van der Waals surface area contributed by atoms with Crippen LogP contribution in [0, 0.1) is 0 Å². The lowest BCUT2D eigenvalue weighted by atomic mass is 10.1. The third-order valence-corrected chi connectivity index (χ3v) is 4.07. The summed E-state index contributed by atoms with van der Waals surface area (Å²) in [5, 5.41) is 3.11. The van der Waals surface area contributed by atoms with Gasteiger partial charge in [-0.05, 0) is 18.6 Å². The molecule has 1 atom stereocenters. The van der Waals surface area contributed by atoms with E-state index in [0.717, 1.165) is 40.6 Å². The van der Waals surface area contributed by atoms with Gasteiger partial charge in [-0.2, -0.15) is 0 Å². The van der Waals surface area contributed by atoms with E-state index in [9.17, 15) is 0 Å². The van der Waals surface area contributed by atoms with Crippen molar-refractivity contribution in [2.24, 2.45) is 5.73 Å². The van der Waals surface area contributed by atoms with Crippen LogP contribution in [0.5, 0.6) is 11.5 Å². The number of hydrogen-bond donors (Lipinski definition) is 1. The summed E-state index contributed by atoms with van der Waals surface area (Å²) in [6.07, 6.45) is 1.78. The van der Waals surface area contributed by atoms with Gasteiger partial charge in [0.15, 0.2) is 0 Å². The molecule has 1 aromatic carbocycles. The number of rotatable bonds is 6. The largest absolute Gasteiger partial charge is 0.497 e. The average Bonchev–Trinajstić information content (AvgIpc) is 2.94. The summed E-state index contributed by atoms with van der Waals surface area (Å²) >= 11 is 1.64. The van der Waals surface area contributed by atoms with Crippen molar-refractivity contribution in [1.82, 2.24) is 4.98 Å². The fourth-order valence-electron chi connectivity index (χ4n) is 1.91. The fourth-order valence-corrected chi connectivity index (χ4v) is 2.80. The van der Waals surface area contributed by atoms with Gasteiger partial charge in [-0.1, -0.05) is 6.92 Å². The standard InChI is InChI=1S/C15H20N2O2S/c1-4-10(16)7-15-17-13(9-20-15)12-6-5-11(18-2)8-14(12)19-3/h5-6,8-10H,4,7,16H2,1-3H3. The van der Waals surface area contributed by atoms with E-state index in [1.54, 1.807) is 25.6 Å². The monoisotopic (exact) mass is 292 g/mol. The first-order chi connectivity index (χ1) is 9.67. The molecular weight excluding hydrogens is 272 g/mol. The molecule has 0 spiro atoms. The summed E-state index contributed by atoms with van der Waals surface area (Å²) in [7, 11) is 3.29. The molecule has 0 saturated carbocycles. The molecule has 2 rings (SSSR count). The minimum atomic E-state index is 0.173. The van der Waals surface area contributed by atoms with E-state index >= 15 is 0 Å². The van der Waals surface area contributed by atoms with Gasteiger partial charge in [0.1, 0.15) is 11.5 Å². The van der Waals surface area contributed by atoms with Crippen molar-refractivity contribution in [2.45, 2.75) is 25.8 Å². The minimum Gasteiger partial charge on any atom is -0.497 e. The van der Waals surface area contributed by atoms with Crippen LogP contribution in [-0.4, -0.2) is 25.2 Å². The lowest BCUT2D eigenvalue weighted by Crippen LogP contribution is -2.21. The van der Waals surface area contributed by atoms with Crippen molar-refractivity contribution in [2.75, 3.05) is 14.2 Å². The lowest BCUT2D eigenvalue weighted by Gasteiger charge is -2.08. The van der Waals surface area contributed by atoms with Gasteiger partial charge in [-0.25, -0.2) is 4.98 Å². The van der Waals surface area contributed by atoms with Gasteiger partial charge in [0, 0.05) is 29.5 Å². The Balaban J connectivity index is 2.27. The van der Waals surface area contributed by atoms with Crippen molar-refractivity contribution in [3.05, 3.63) is 28.6 Å². The first kappa shape index (κ1) is 14.8. The van der Waals surface area contributed by atoms with Crippen LogP contribution in [0.25, 0.3) is 11.3 Å². The van der Waals surface area contributed by atoms with Crippen LogP contribution in [0.4, 0.5) is 0 Å². The molecule has 0 bridgehead atoms. The molecule has 1 heterocycles. The molecule has 108 valence electrons. The molecule has 1 aromatic heterocycles. The molecule has 0 aliphatic heterocycles. The number of benzene rings is 1. The van der Waals surface area contributed by atoms with E-state index in [-0.39, 0.29) is 6.04 Å². The zero-order valence-electron chi connectivity index (χ0n) is 12.1. The van der Waals surface area contributed by atoms with Gasteiger partial charge in [0.25, 0.3) is 0 Å². The van der Waals surface area contributed by atoms with Crippen LogP contribution in [-0.2, 0) is 6.42 Å². The second-order valence-corrected chi connectivity index (χ2v) is 5.51. The third kappa shape index (κ3) is 3.29. The Bertz CT molecular complexity index is 569. The molecule has 20 heavy (non-hydrogen) atoms. The first-order valence-corrected chi connectivity index (χ1v) is 7.48. The molecule has 0 fully saturated rings. The summed E-state index contributed by atoms with van der Waals surface area (Å²) in [5.74, 6) is 1.54. The molecule has 4 nitrogen and oxygen atoms in total. The van der Waals surface area contributed by atoms with Crippen LogP contribution < -0.4 is 15.2 Å². The van der Waals surface area contributed by atoms with Crippen LogP contribution >= 0.6 is 11.3 Å². The second kappa shape index (κ2) is 6.72. The number of nitrogens with zero attached hydrogens (tertiary/aromatic N) is 1. The number of ether oxygens (including phenoxy) is 2. The maximum absolute atomic E-state index is 5.97. The number of thiazole rings is 1. The summed E-state index contributed by atoms with van der Waals surface area (Å²) in [6.45, 7) is 2.09. The Kier molecular flexibility index (Phi) is 4.98. The summed E-state index contributed by atoms with van der Waals surface area (Å²) in [6, 6.07) is 5.92. The van der Waals surface area contributed by atoms with E-state index in [4.69, 9.17) is 15.2 Å². The summed E-state index contributed by atoms with van der Waals surface area (Å²) < 4.78 is 10.6. The normalized spacial score (nSPS) is 12.2. The highest BCUT2D eigenvalue weighted by molar-refractivity contribution is 7.09. The lowest BCUT2D eigenvalue weighted by molar-refractivity contribution is 0.395. The Morgan fingerprint density at radius 2 is 2.10 bits per heavy atom. The van der Waals surface area contributed by atoms with Crippen molar-refractivity contribution >= 4 is 11.3 Å². The van der Waals surface area contributed by atoms with E-state index in [1.165, 1.54) is 0 Å². The molecule has 0 radical (unpaired) electrons. The van der Waals surface area contributed by atoms with Crippen molar-refractivity contribution < 1.29 is 9.47 Å². The highest BCUT2D eigenvalue weighted by atomic mass is 32.1. The minimum absolute atomic E-state index is 0.173. The predicted molar refractivity (Wildman–Crippen MR) is 82.6 cm³/mol.